The van der Waals surface area contributed by atoms with E-state index in [0.29, 0.717) is 11.3 Å². The molecule has 0 radical (unpaired) electrons. The molecule has 0 fully saturated rings. The van der Waals surface area contributed by atoms with Crippen LogP contribution in [0.3, 0.4) is 0 Å². The number of amides is 1. The first kappa shape index (κ1) is 18.9. The van der Waals surface area contributed by atoms with Crippen LogP contribution >= 0.6 is 0 Å². The van der Waals surface area contributed by atoms with Gasteiger partial charge in [0, 0.05) is 17.5 Å². The third-order valence-corrected chi connectivity index (χ3v) is 3.25. The number of aliphatic carboxylic acids is 1. The molecule has 1 unspecified atom stereocenters. The molecule has 0 aromatic heterocycles. The van der Waals surface area contributed by atoms with Gasteiger partial charge in [0.25, 0.3) is 5.91 Å². The van der Waals surface area contributed by atoms with Gasteiger partial charge >= 0.3 is 5.97 Å². The van der Waals surface area contributed by atoms with Crippen molar-refractivity contribution in [3.05, 3.63) is 41.6 Å². The number of carbonyl (C=O) groups is 3. The van der Waals surface area contributed by atoms with E-state index >= 15 is 0 Å². The van der Waals surface area contributed by atoms with Gasteiger partial charge in [-0.15, -0.1) is 0 Å². The van der Waals surface area contributed by atoms with Crippen LogP contribution in [0.15, 0.2) is 36.0 Å². The number of carbonyl (C=O) groups excluding carboxylic acids is 2. The van der Waals surface area contributed by atoms with Crippen LogP contribution in [0.25, 0.3) is 0 Å². The number of hydrogen-bond donors (Lipinski definition) is 3. The van der Waals surface area contributed by atoms with Crippen molar-refractivity contribution in [3.8, 4) is 6.07 Å². The average molecular weight is 329 g/mol. The smallest absolute Gasteiger partial charge is 0.326 e. The molecular weight excluding hydrogens is 310 g/mol. The molecule has 0 aliphatic rings. The van der Waals surface area contributed by atoms with E-state index in [1.165, 1.54) is 6.92 Å². The van der Waals surface area contributed by atoms with Gasteiger partial charge in [0.05, 0.1) is 0 Å². The molecule has 126 valence electrons. The molecule has 0 heterocycles. The number of nitriles is 1. The number of anilines is 1. The maximum absolute atomic E-state index is 12.1. The first-order chi connectivity index (χ1) is 11.3. The van der Waals surface area contributed by atoms with Crippen molar-refractivity contribution < 1.29 is 19.5 Å². The highest BCUT2D eigenvalue weighted by Gasteiger charge is 2.20. The second-order valence-corrected chi connectivity index (χ2v) is 5.48. The van der Waals surface area contributed by atoms with Crippen molar-refractivity contribution in [2.75, 3.05) is 5.32 Å². The molecule has 7 nitrogen and oxygen atoms in total. The van der Waals surface area contributed by atoms with Crippen molar-refractivity contribution in [2.24, 2.45) is 5.92 Å². The minimum Gasteiger partial charge on any atom is -0.480 e. The lowest BCUT2D eigenvalue weighted by Crippen LogP contribution is -2.38. The second-order valence-electron chi connectivity index (χ2n) is 5.48. The Hall–Kier alpha value is -3.14. The van der Waals surface area contributed by atoms with E-state index in [0.717, 1.165) is 6.20 Å². The summed E-state index contributed by atoms with van der Waals surface area (Å²) in [5, 5.41) is 23.2. The molecular formula is C17H19N3O4. The van der Waals surface area contributed by atoms with Crippen LogP contribution in [-0.2, 0) is 9.59 Å². The summed E-state index contributed by atoms with van der Waals surface area (Å²) >= 11 is 0. The van der Waals surface area contributed by atoms with Gasteiger partial charge in [0.1, 0.15) is 17.7 Å². The Labute approximate surface area is 140 Å². The Morgan fingerprint density at radius 2 is 1.79 bits per heavy atom. The number of rotatable bonds is 7. The summed E-state index contributed by atoms with van der Waals surface area (Å²) in [5.74, 6) is -2.06. The average Bonchev–Trinajstić information content (AvgIpc) is 2.51. The van der Waals surface area contributed by atoms with Gasteiger partial charge in [0.15, 0.2) is 5.78 Å². The Bertz CT molecular complexity index is 700. The van der Waals surface area contributed by atoms with Gasteiger partial charge in [-0.25, -0.2) is 4.79 Å². The molecule has 3 N–H and O–H groups in total. The van der Waals surface area contributed by atoms with E-state index in [9.17, 15) is 14.4 Å². The quantitative estimate of drug-likeness (QED) is 0.399. The molecule has 24 heavy (non-hydrogen) atoms. The molecule has 0 bridgehead atoms. The zero-order chi connectivity index (χ0) is 18.3. The first-order valence-corrected chi connectivity index (χ1v) is 7.27. The monoisotopic (exact) mass is 329 g/mol. The number of benzene rings is 1. The molecule has 0 spiro atoms. The summed E-state index contributed by atoms with van der Waals surface area (Å²) < 4.78 is 0. The lowest BCUT2D eigenvalue weighted by atomic mass is 10.1. The SMILES string of the molecule is CC(=O)c1ccc(NC(=O)/C(C#N)=C\NC(C(=O)O)C(C)C)cc1. The van der Waals surface area contributed by atoms with Crippen molar-refractivity contribution in [2.45, 2.75) is 26.8 Å². The van der Waals surface area contributed by atoms with Gasteiger partial charge in [-0.2, -0.15) is 5.26 Å². The maximum Gasteiger partial charge on any atom is 0.326 e. The van der Waals surface area contributed by atoms with Crippen molar-refractivity contribution in [1.82, 2.24) is 5.32 Å². The molecule has 1 atom stereocenters. The highest BCUT2D eigenvalue weighted by molar-refractivity contribution is 6.06. The third-order valence-electron chi connectivity index (χ3n) is 3.25. The van der Waals surface area contributed by atoms with Crippen LogP contribution in [0.1, 0.15) is 31.1 Å². The fourth-order valence-corrected chi connectivity index (χ4v) is 1.86. The Balaban J connectivity index is 2.83. The first-order valence-electron chi connectivity index (χ1n) is 7.27. The number of carboxylic acids is 1. The van der Waals surface area contributed by atoms with Gasteiger partial charge in [0.2, 0.25) is 0 Å². The van der Waals surface area contributed by atoms with Gasteiger partial charge < -0.3 is 15.7 Å². The number of nitrogens with zero attached hydrogens (tertiary/aromatic N) is 1. The fraction of sp³-hybridized carbons (Fsp3) is 0.294. The van der Waals surface area contributed by atoms with Crippen LogP contribution in [0.2, 0.25) is 0 Å². The predicted octanol–water partition coefficient (Wildman–Crippen LogP) is 1.93. The predicted molar refractivity (Wildman–Crippen MR) is 88.2 cm³/mol. The molecule has 0 saturated carbocycles. The summed E-state index contributed by atoms with van der Waals surface area (Å²) in [5.41, 5.74) is 0.675. The third kappa shape index (κ3) is 5.25. The number of ketones is 1. The van der Waals surface area contributed by atoms with E-state index in [2.05, 4.69) is 10.6 Å². The minimum absolute atomic E-state index is 0.0944. The molecule has 7 heteroatoms. The molecule has 0 aliphatic carbocycles. The van der Waals surface area contributed by atoms with Crippen LogP contribution in [-0.4, -0.2) is 28.8 Å². The Kier molecular flexibility index (Phi) is 6.68. The van der Waals surface area contributed by atoms with Gasteiger partial charge in [-0.3, -0.25) is 9.59 Å². The van der Waals surface area contributed by atoms with Crippen molar-refractivity contribution >= 4 is 23.3 Å². The van der Waals surface area contributed by atoms with E-state index in [1.807, 2.05) is 0 Å². The highest BCUT2D eigenvalue weighted by Crippen LogP contribution is 2.11. The number of Topliss-reactive ketones (excluding diaryl/α,β-unsaturated/α-hetero) is 1. The summed E-state index contributed by atoms with van der Waals surface area (Å²) in [6.45, 7) is 4.86. The Morgan fingerprint density at radius 3 is 2.21 bits per heavy atom. The largest absolute Gasteiger partial charge is 0.480 e. The summed E-state index contributed by atoms with van der Waals surface area (Å²) in [4.78, 5) is 34.3. The van der Waals surface area contributed by atoms with Gasteiger partial charge in [-0.05, 0) is 37.1 Å². The zero-order valence-corrected chi connectivity index (χ0v) is 13.7. The molecule has 1 amide bonds. The Morgan fingerprint density at radius 1 is 1.21 bits per heavy atom. The van der Waals surface area contributed by atoms with Crippen LogP contribution in [0.5, 0.6) is 0 Å². The number of carboxylic acid groups (broad SMARTS) is 1. The van der Waals surface area contributed by atoms with E-state index in [-0.39, 0.29) is 17.3 Å². The van der Waals surface area contributed by atoms with E-state index in [4.69, 9.17) is 10.4 Å². The summed E-state index contributed by atoms with van der Waals surface area (Å²) in [6.07, 6.45) is 1.10. The molecule has 0 saturated heterocycles. The normalized spacial score (nSPS) is 12.2. The molecule has 1 aromatic rings. The molecule has 0 aliphatic heterocycles. The highest BCUT2D eigenvalue weighted by atomic mass is 16.4. The standard InChI is InChI=1S/C17H19N3O4/c1-10(2)15(17(23)24)19-9-13(8-18)16(22)20-14-6-4-12(5-7-14)11(3)21/h4-7,9-10,15,19H,1-3H3,(H,20,22)(H,23,24)/b13-9-. The van der Waals surface area contributed by atoms with Crippen molar-refractivity contribution in [1.29, 1.82) is 5.26 Å². The molecule has 1 rings (SSSR count). The summed E-state index contributed by atoms with van der Waals surface area (Å²) in [7, 11) is 0. The van der Waals surface area contributed by atoms with Crippen LogP contribution < -0.4 is 10.6 Å². The van der Waals surface area contributed by atoms with Crippen LogP contribution in [0.4, 0.5) is 5.69 Å². The van der Waals surface area contributed by atoms with E-state index < -0.39 is 17.9 Å². The lowest BCUT2D eigenvalue weighted by Gasteiger charge is -2.16. The van der Waals surface area contributed by atoms with E-state index in [1.54, 1.807) is 44.2 Å². The topological polar surface area (TPSA) is 119 Å². The van der Waals surface area contributed by atoms with Crippen molar-refractivity contribution in [3.63, 3.8) is 0 Å². The van der Waals surface area contributed by atoms with Gasteiger partial charge in [-0.1, -0.05) is 13.8 Å². The number of hydrogen-bond acceptors (Lipinski definition) is 5. The van der Waals surface area contributed by atoms with Crippen LogP contribution in [0, 0.1) is 17.2 Å². The fourth-order valence-electron chi connectivity index (χ4n) is 1.86. The maximum atomic E-state index is 12.1. The minimum atomic E-state index is -1.07. The lowest BCUT2D eigenvalue weighted by molar-refractivity contribution is -0.140. The second kappa shape index (κ2) is 8.48. The zero-order valence-electron chi connectivity index (χ0n) is 13.7. The number of nitrogens with one attached hydrogen (secondary N) is 2. The summed E-state index contributed by atoms with van der Waals surface area (Å²) in [6, 6.07) is 7.03. The molecule has 1 aromatic carbocycles.